The van der Waals surface area contributed by atoms with E-state index in [-0.39, 0.29) is 71.1 Å². The van der Waals surface area contributed by atoms with Gasteiger partial charge in [0.2, 0.25) is 0 Å². The molecule has 0 fully saturated rings. The third kappa shape index (κ3) is 540. The molecule has 0 aromatic heterocycles. The van der Waals surface area contributed by atoms with Gasteiger partial charge in [-0.2, -0.15) is 0 Å². The molecule has 0 aliphatic carbocycles. The maximum absolute atomic E-state index is 0. The van der Waals surface area contributed by atoms with E-state index in [1.807, 2.05) is 0 Å². The van der Waals surface area contributed by atoms with Gasteiger partial charge in [-0.1, -0.05) is 44.6 Å². The van der Waals surface area contributed by atoms with Crippen LogP contribution in [0.15, 0.2) is 0 Å². The van der Waals surface area contributed by atoms with Crippen LogP contribution in [0.5, 0.6) is 0 Å². The van der Waals surface area contributed by atoms with Crippen molar-refractivity contribution in [1.82, 2.24) is 6.15 Å². The maximum atomic E-state index is 0. The fourth-order valence-corrected chi connectivity index (χ4v) is 0. The van der Waals surface area contributed by atoms with Crippen molar-refractivity contribution in [2.45, 2.75) is 44.6 Å². The Kier molecular flexibility index (Phi) is 140000. The van der Waals surface area contributed by atoms with E-state index in [1.165, 1.54) is 0 Å². The molecular weight excluding hydrogens is 192 g/mol. The Bertz CT molecular complexity index is 8.49. The molecule has 0 saturated carbocycles. The number of hydrogen-bond acceptors (Lipinski definition) is 1. The molecule has 0 heterocycles. The minimum Gasteiger partial charge on any atom is -0.344 e. The minimum absolute atomic E-state index is 0. The largest absolute Gasteiger partial charge is 0.344 e. The zero-order valence-corrected chi connectivity index (χ0v) is 2.58. The van der Waals surface area contributed by atoms with Crippen LogP contribution in [0.2, 0.25) is 0 Å². The Hall–Kier alpha value is 0.622. The van der Waals surface area contributed by atoms with Crippen molar-refractivity contribution >= 4 is 0 Å². The average Bonchev–Trinajstić information content (AvgIpc) is 0. The van der Waals surface area contributed by atoms with E-state index in [0.29, 0.717) is 0 Å². The Morgan fingerprint density at radius 3 is 0.375 bits per heavy atom. The van der Waals surface area contributed by atoms with Crippen molar-refractivity contribution in [3.8, 4) is 0 Å². The molecule has 66 valence electrons. The van der Waals surface area contributed by atoms with E-state index in [1.54, 1.807) is 0 Å². The minimum atomic E-state index is 0. The van der Waals surface area contributed by atoms with Gasteiger partial charge < -0.3 is 6.15 Å². The first kappa shape index (κ1) is 1290. The second-order valence-electron chi connectivity index (χ2n) is 0. The van der Waals surface area contributed by atoms with Crippen LogP contribution in [0, 0.1) is 0 Å². The van der Waals surface area contributed by atoms with Gasteiger partial charge in [-0.25, -0.2) is 0 Å². The molecule has 0 aromatic carbocycles. The average molecular weight is 220 g/mol. The Morgan fingerprint density at radius 1 is 0.375 bits per heavy atom. The summed E-state index contributed by atoms with van der Waals surface area (Å²) in [5.74, 6) is 0. The number of rotatable bonds is 0. The molecule has 0 saturated heterocycles. The molecule has 0 aliphatic heterocycles. The summed E-state index contributed by atoms with van der Waals surface area (Å²) in [6.45, 7) is 0. The van der Waals surface area contributed by atoms with Gasteiger partial charge in [-0.3, -0.25) is 0 Å². The Labute approximate surface area is 71.5 Å². The van der Waals surface area contributed by atoms with Gasteiger partial charge in [0.15, 0.2) is 0 Å². The molecule has 3 N–H and O–H groups in total. The fourth-order valence-electron chi connectivity index (χ4n) is 0. The molecule has 0 radical (unpaired) electrons. The molecule has 0 aliphatic rings. The van der Waals surface area contributed by atoms with E-state index < -0.39 is 0 Å². The maximum Gasteiger partial charge on any atom is 0 e. The van der Waals surface area contributed by atoms with Crippen LogP contribution in [0.1, 0.15) is 44.6 Å². The summed E-state index contributed by atoms with van der Waals surface area (Å²) < 4.78 is 0. The van der Waals surface area contributed by atoms with E-state index >= 15 is 0 Å². The molecular formula is C6H27NPd. The van der Waals surface area contributed by atoms with E-state index in [2.05, 4.69) is 0 Å². The first-order valence-electron chi connectivity index (χ1n) is 0. The van der Waals surface area contributed by atoms with Crippen molar-refractivity contribution in [2.24, 2.45) is 0 Å². The zero-order valence-electron chi connectivity index (χ0n) is 1.02. The van der Waals surface area contributed by atoms with Crippen molar-refractivity contribution in [3.63, 3.8) is 0 Å². The van der Waals surface area contributed by atoms with Crippen LogP contribution in [0.25, 0.3) is 0 Å². The summed E-state index contributed by atoms with van der Waals surface area (Å²) in [7, 11) is 0. The predicted molar refractivity (Wildman–Crippen MR) is 45.4 cm³/mol. The van der Waals surface area contributed by atoms with Crippen LogP contribution in [-0.2, 0) is 20.4 Å². The summed E-state index contributed by atoms with van der Waals surface area (Å²) in [5, 5.41) is 0. The van der Waals surface area contributed by atoms with Crippen molar-refractivity contribution in [1.29, 1.82) is 0 Å². The first-order valence-corrected chi connectivity index (χ1v) is 0. The summed E-state index contributed by atoms with van der Waals surface area (Å²) in [5.41, 5.74) is 0. The van der Waals surface area contributed by atoms with E-state index in [0.717, 1.165) is 0 Å². The summed E-state index contributed by atoms with van der Waals surface area (Å²) in [6.07, 6.45) is 0. The molecule has 0 atom stereocenters. The quantitative estimate of drug-likeness (QED) is 0.615. The predicted octanol–water partition coefficient (Wildman–Crippen LogP) is 3.98. The second-order valence-corrected chi connectivity index (χ2v) is 0. The molecule has 0 spiro atoms. The van der Waals surface area contributed by atoms with E-state index in [4.69, 9.17) is 0 Å². The molecule has 1 nitrogen and oxygen atoms in total. The summed E-state index contributed by atoms with van der Waals surface area (Å²) in [6, 6.07) is 0. The van der Waals surface area contributed by atoms with Crippen LogP contribution in [-0.4, -0.2) is 0 Å². The molecule has 0 amide bonds. The molecule has 2 heteroatoms. The van der Waals surface area contributed by atoms with Gasteiger partial charge in [-0.05, 0) is 0 Å². The molecule has 0 unspecified atom stereocenters. The van der Waals surface area contributed by atoms with Gasteiger partial charge in [0.05, 0.1) is 0 Å². The second kappa shape index (κ2) is 863. The van der Waals surface area contributed by atoms with E-state index in [9.17, 15) is 0 Å². The van der Waals surface area contributed by atoms with Crippen molar-refractivity contribution < 1.29 is 20.4 Å². The standard InChI is InChI=1S/6CH4.H3N.Pd/h6*1H4;1H3;. The zero-order chi connectivity index (χ0) is 0. The molecule has 0 rings (SSSR count). The summed E-state index contributed by atoms with van der Waals surface area (Å²) >= 11 is 0. The normalized spacial score (nSPS) is 0. The van der Waals surface area contributed by atoms with Gasteiger partial charge in [0.25, 0.3) is 0 Å². The topological polar surface area (TPSA) is 35.0 Å². The van der Waals surface area contributed by atoms with Gasteiger partial charge in [0, 0.05) is 20.4 Å². The van der Waals surface area contributed by atoms with Crippen molar-refractivity contribution in [2.75, 3.05) is 0 Å². The van der Waals surface area contributed by atoms with Crippen molar-refractivity contribution in [3.05, 3.63) is 0 Å². The fraction of sp³-hybridized carbons (Fsp3) is 1.00. The molecule has 0 aromatic rings. The SMILES string of the molecule is C.C.C.C.C.C.N.[Pd]. The van der Waals surface area contributed by atoms with Crippen LogP contribution >= 0.6 is 0 Å². The molecule has 8 heavy (non-hydrogen) atoms. The first-order chi connectivity index (χ1) is 0. The number of hydrogen-bond donors (Lipinski definition) is 1. The van der Waals surface area contributed by atoms with Crippen LogP contribution in [0.3, 0.4) is 0 Å². The molecule has 0 bridgehead atoms. The monoisotopic (exact) mass is 219 g/mol. The van der Waals surface area contributed by atoms with Crippen LogP contribution in [0.4, 0.5) is 0 Å². The van der Waals surface area contributed by atoms with Gasteiger partial charge in [-0.15, -0.1) is 0 Å². The Balaban J connectivity index is 0. The third-order valence-electron chi connectivity index (χ3n) is 0. The summed E-state index contributed by atoms with van der Waals surface area (Å²) in [4.78, 5) is 0. The smallest absolute Gasteiger partial charge is 0 e. The van der Waals surface area contributed by atoms with Crippen LogP contribution < -0.4 is 6.15 Å². The van der Waals surface area contributed by atoms with Gasteiger partial charge >= 0.3 is 0 Å². The third-order valence-corrected chi connectivity index (χ3v) is 0. The van der Waals surface area contributed by atoms with Gasteiger partial charge in [0.1, 0.15) is 0 Å². The Morgan fingerprint density at radius 2 is 0.375 bits per heavy atom.